The molecule has 0 saturated carbocycles. The van der Waals surface area contributed by atoms with E-state index in [9.17, 15) is 17.4 Å². The molecule has 108 valence electrons. The van der Waals surface area contributed by atoms with Crippen molar-refractivity contribution in [3.05, 3.63) is 0 Å². The minimum Gasteiger partial charge on any atom is -0.310 e. The topological polar surface area (TPSA) is 32.3 Å². The zero-order valence-electron chi connectivity index (χ0n) is 10.8. The first-order valence-electron chi connectivity index (χ1n) is 6.11. The van der Waals surface area contributed by atoms with Crippen molar-refractivity contribution < 1.29 is 17.4 Å². The van der Waals surface area contributed by atoms with Crippen LogP contribution in [0.3, 0.4) is 0 Å². The van der Waals surface area contributed by atoms with Crippen LogP contribution in [-0.2, 0) is 10.8 Å². The van der Waals surface area contributed by atoms with Gasteiger partial charge < -0.3 is 5.32 Å². The van der Waals surface area contributed by atoms with Crippen LogP contribution in [0.2, 0.25) is 0 Å². The maximum atomic E-state index is 12.2. The summed E-state index contributed by atoms with van der Waals surface area (Å²) >= 11 is 0. The van der Waals surface area contributed by atoms with Crippen LogP contribution in [0.25, 0.3) is 0 Å². The van der Waals surface area contributed by atoms with Gasteiger partial charge in [0.05, 0.1) is 6.54 Å². The van der Waals surface area contributed by atoms with E-state index in [1.165, 1.54) is 4.90 Å². The first-order chi connectivity index (χ1) is 8.26. The summed E-state index contributed by atoms with van der Waals surface area (Å²) < 4.78 is 47.6. The Morgan fingerprint density at radius 1 is 1.39 bits per heavy atom. The van der Waals surface area contributed by atoms with Gasteiger partial charge in [0.1, 0.15) is 0 Å². The summed E-state index contributed by atoms with van der Waals surface area (Å²) in [5.41, 5.74) is 0. The lowest BCUT2D eigenvalue weighted by Gasteiger charge is -2.34. The number of piperidine rings is 1. The van der Waals surface area contributed by atoms with Crippen molar-refractivity contribution in [1.82, 2.24) is 10.2 Å². The summed E-state index contributed by atoms with van der Waals surface area (Å²) in [6, 6.07) is 0.392. The molecule has 1 N–H and O–H groups in total. The third-order valence-electron chi connectivity index (χ3n) is 3.00. The molecule has 0 amide bonds. The molecule has 0 aromatic carbocycles. The van der Waals surface area contributed by atoms with Crippen molar-refractivity contribution in [3.8, 4) is 0 Å². The molecule has 0 bridgehead atoms. The van der Waals surface area contributed by atoms with E-state index in [-0.39, 0.29) is 12.1 Å². The molecule has 1 aliphatic heterocycles. The summed E-state index contributed by atoms with van der Waals surface area (Å²) in [7, 11) is -0.842. The molecule has 1 fully saturated rings. The first-order valence-corrected chi connectivity index (χ1v) is 7.84. The Morgan fingerprint density at radius 2 is 1.94 bits per heavy atom. The van der Waals surface area contributed by atoms with Crippen LogP contribution in [0.1, 0.15) is 19.8 Å². The number of halogens is 3. The Hall–Kier alpha value is -0.140. The lowest BCUT2D eigenvalue weighted by molar-refractivity contribution is -0.148. The fraction of sp³-hybridized carbons (Fsp3) is 1.00. The molecule has 1 aliphatic rings. The van der Waals surface area contributed by atoms with E-state index in [1.54, 1.807) is 6.26 Å². The summed E-state index contributed by atoms with van der Waals surface area (Å²) in [6.07, 6.45) is -1.01. The molecule has 0 radical (unpaired) electrons. The van der Waals surface area contributed by atoms with Crippen LogP contribution >= 0.6 is 0 Å². The Kier molecular flexibility index (Phi) is 6.07. The van der Waals surface area contributed by atoms with Gasteiger partial charge in [0.15, 0.2) is 0 Å². The Balaban J connectivity index is 2.25. The lowest BCUT2D eigenvalue weighted by atomic mass is 10.0. The van der Waals surface area contributed by atoms with E-state index >= 15 is 0 Å². The molecule has 18 heavy (non-hydrogen) atoms. The van der Waals surface area contributed by atoms with Crippen molar-refractivity contribution in [2.75, 3.05) is 31.6 Å². The highest BCUT2D eigenvalue weighted by Crippen LogP contribution is 2.19. The van der Waals surface area contributed by atoms with Crippen molar-refractivity contribution in [1.29, 1.82) is 0 Å². The number of nitrogens with one attached hydrogen (secondary N) is 1. The molecule has 0 aromatic rings. The molecule has 2 unspecified atom stereocenters. The van der Waals surface area contributed by atoms with Gasteiger partial charge in [-0.05, 0) is 32.9 Å². The average Bonchev–Trinajstić information content (AvgIpc) is 2.17. The second-order valence-electron chi connectivity index (χ2n) is 4.97. The van der Waals surface area contributed by atoms with Crippen LogP contribution < -0.4 is 5.32 Å². The summed E-state index contributed by atoms with van der Waals surface area (Å²) in [6.45, 7) is 2.09. The third kappa shape index (κ3) is 6.70. The van der Waals surface area contributed by atoms with Gasteiger partial charge >= 0.3 is 6.18 Å². The maximum absolute atomic E-state index is 12.2. The van der Waals surface area contributed by atoms with E-state index in [1.807, 2.05) is 6.92 Å². The second kappa shape index (κ2) is 6.86. The Morgan fingerprint density at radius 3 is 2.39 bits per heavy atom. The molecular weight excluding hydrogens is 265 g/mol. The van der Waals surface area contributed by atoms with E-state index in [2.05, 4.69) is 5.32 Å². The molecule has 7 heteroatoms. The van der Waals surface area contributed by atoms with Crippen molar-refractivity contribution in [3.63, 3.8) is 0 Å². The van der Waals surface area contributed by atoms with E-state index in [4.69, 9.17) is 0 Å². The molecule has 0 aromatic heterocycles. The predicted octanol–water partition coefficient (Wildman–Crippen LogP) is 1.37. The van der Waals surface area contributed by atoms with Crippen LogP contribution in [0.5, 0.6) is 0 Å². The van der Waals surface area contributed by atoms with E-state index in [0.29, 0.717) is 18.8 Å². The molecule has 2 atom stereocenters. The van der Waals surface area contributed by atoms with Gasteiger partial charge in [-0.1, -0.05) is 0 Å². The standard InChI is InChI=1S/C11H21F3N2OS/c1-9(7-18(2)17)15-10-3-5-16(6-4-10)8-11(12,13)14/h9-10,15H,3-8H2,1-2H3. The van der Waals surface area contributed by atoms with Gasteiger partial charge in [-0.2, -0.15) is 13.2 Å². The van der Waals surface area contributed by atoms with Gasteiger partial charge in [0, 0.05) is 34.9 Å². The van der Waals surface area contributed by atoms with Crippen molar-refractivity contribution >= 4 is 10.8 Å². The van der Waals surface area contributed by atoms with E-state index < -0.39 is 23.5 Å². The molecule has 3 nitrogen and oxygen atoms in total. The monoisotopic (exact) mass is 286 g/mol. The SMILES string of the molecule is CC(CS(C)=O)NC1CCN(CC(F)(F)F)CC1. The molecule has 0 spiro atoms. The number of hydrogen-bond acceptors (Lipinski definition) is 3. The van der Waals surface area contributed by atoms with E-state index in [0.717, 1.165) is 12.8 Å². The summed E-state index contributed by atoms with van der Waals surface area (Å²) in [5.74, 6) is 0.586. The molecular formula is C11H21F3N2OS. The average molecular weight is 286 g/mol. The minimum absolute atomic E-state index is 0.148. The Labute approximate surface area is 109 Å². The van der Waals surface area contributed by atoms with Gasteiger partial charge in [0.2, 0.25) is 0 Å². The lowest BCUT2D eigenvalue weighted by Crippen LogP contribution is -2.48. The van der Waals surface area contributed by atoms with Crippen molar-refractivity contribution in [2.24, 2.45) is 0 Å². The third-order valence-corrected chi connectivity index (χ3v) is 3.96. The first kappa shape index (κ1) is 15.9. The maximum Gasteiger partial charge on any atom is 0.401 e. The van der Waals surface area contributed by atoms with Crippen LogP contribution in [0.15, 0.2) is 0 Å². The fourth-order valence-electron chi connectivity index (χ4n) is 2.31. The number of rotatable bonds is 5. The minimum atomic E-state index is -4.10. The van der Waals surface area contributed by atoms with Gasteiger partial charge in [-0.15, -0.1) is 0 Å². The quantitative estimate of drug-likeness (QED) is 0.828. The predicted molar refractivity (Wildman–Crippen MR) is 67.0 cm³/mol. The zero-order chi connectivity index (χ0) is 13.8. The smallest absolute Gasteiger partial charge is 0.310 e. The number of nitrogens with zero attached hydrogens (tertiary/aromatic N) is 1. The largest absolute Gasteiger partial charge is 0.401 e. The highest BCUT2D eigenvalue weighted by molar-refractivity contribution is 7.84. The van der Waals surface area contributed by atoms with Crippen molar-refractivity contribution in [2.45, 2.75) is 38.0 Å². The zero-order valence-corrected chi connectivity index (χ0v) is 11.6. The number of hydrogen-bond donors (Lipinski definition) is 1. The van der Waals surface area contributed by atoms with Gasteiger partial charge in [-0.25, -0.2) is 0 Å². The second-order valence-corrected chi connectivity index (χ2v) is 6.45. The molecule has 1 saturated heterocycles. The van der Waals surface area contributed by atoms with Gasteiger partial charge in [-0.3, -0.25) is 9.11 Å². The molecule has 0 aliphatic carbocycles. The highest BCUT2D eigenvalue weighted by Gasteiger charge is 2.32. The molecule has 1 heterocycles. The normalized spacial score (nSPS) is 22.9. The van der Waals surface area contributed by atoms with Crippen LogP contribution in [-0.4, -0.2) is 59.0 Å². The van der Waals surface area contributed by atoms with Gasteiger partial charge in [0.25, 0.3) is 0 Å². The van der Waals surface area contributed by atoms with Crippen LogP contribution in [0.4, 0.5) is 13.2 Å². The summed E-state index contributed by atoms with van der Waals surface area (Å²) in [4.78, 5) is 1.45. The Bertz CT molecular complexity index is 278. The summed E-state index contributed by atoms with van der Waals surface area (Å²) in [5, 5.41) is 3.33. The number of likely N-dealkylation sites (tertiary alicyclic amines) is 1. The molecule has 1 rings (SSSR count). The number of alkyl halides is 3. The fourth-order valence-corrected chi connectivity index (χ4v) is 3.11. The van der Waals surface area contributed by atoms with Crippen LogP contribution in [0, 0.1) is 0 Å². The highest BCUT2D eigenvalue weighted by atomic mass is 32.2.